The Kier molecular flexibility index (Phi) is 6.81. The highest BCUT2D eigenvalue weighted by Crippen LogP contribution is 2.22. The fourth-order valence-electron chi connectivity index (χ4n) is 2.16. The smallest absolute Gasteiger partial charge is 0.410 e. The van der Waals surface area contributed by atoms with E-state index in [0.29, 0.717) is 19.6 Å². The van der Waals surface area contributed by atoms with E-state index < -0.39 is 5.60 Å². The van der Waals surface area contributed by atoms with E-state index in [1.165, 1.54) is 4.88 Å². The van der Waals surface area contributed by atoms with Gasteiger partial charge in [-0.25, -0.2) is 9.78 Å². The Balaban J connectivity index is 2.47. The number of carbonyl (C=O) groups excluding carboxylic acids is 1. The standard InChI is InChI=1S/C16H29N3O2S/c1-8-19(15(20)21-16(5,6)7)10-9-17-11(2)14-12(3)22-13(4)18-14/h11,17H,8-10H2,1-7H3. The zero-order valence-corrected chi connectivity index (χ0v) is 15.6. The first-order chi connectivity index (χ1) is 10.1. The summed E-state index contributed by atoms with van der Waals surface area (Å²) in [5, 5.41) is 4.52. The molecule has 0 radical (unpaired) electrons. The molecule has 1 N–H and O–H groups in total. The number of carbonyl (C=O) groups is 1. The molecule has 1 heterocycles. The van der Waals surface area contributed by atoms with E-state index in [1.54, 1.807) is 16.2 Å². The van der Waals surface area contributed by atoms with Crippen molar-refractivity contribution in [2.24, 2.45) is 0 Å². The largest absolute Gasteiger partial charge is 0.444 e. The molecule has 1 atom stereocenters. The first-order valence-electron chi connectivity index (χ1n) is 7.79. The van der Waals surface area contributed by atoms with Crippen molar-refractivity contribution in [1.29, 1.82) is 0 Å². The second kappa shape index (κ2) is 7.92. The van der Waals surface area contributed by atoms with Crippen LogP contribution in [0.2, 0.25) is 0 Å². The number of amides is 1. The van der Waals surface area contributed by atoms with Crippen LogP contribution in [0.25, 0.3) is 0 Å². The summed E-state index contributed by atoms with van der Waals surface area (Å²) >= 11 is 1.72. The van der Waals surface area contributed by atoms with Gasteiger partial charge in [0.15, 0.2) is 0 Å². The minimum absolute atomic E-state index is 0.183. The van der Waals surface area contributed by atoms with Gasteiger partial charge in [0.1, 0.15) is 5.60 Å². The SMILES string of the molecule is CCN(CCNC(C)c1nc(C)sc1C)C(=O)OC(C)(C)C. The van der Waals surface area contributed by atoms with E-state index in [2.05, 4.69) is 24.1 Å². The summed E-state index contributed by atoms with van der Waals surface area (Å²) in [4.78, 5) is 19.6. The van der Waals surface area contributed by atoms with Crippen molar-refractivity contribution in [1.82, 2.24) is 15.2 Å². The second-order valence-electron chi connectivity index (χ2n) is 6.41. The molecule has 1 unspecified atom stereocenters. The Morgan fingerprint density at radius 2 is 2.05 bits per heavy atom. The summed E-state index contributed by atoms with van der Waals surface area (Å²) in [6, 6.07) is 0.183. The van der Waals surface area contributed by atoms with Gasteiger partial charge in [0.2, 0.25) is 0 Å². The van der Waals surface area contributed by atoms with Crippen LogP contribution < -0.4 is 5.32 Å². The molecule has 0 saturated heterocycles. The van der Waals surface area contributed by atoms with Crippen LogP contribution in [0.4, 0.5) is 4.79 Å². The predicted molar refractivity (Wildman–Crippen MR) is 91.5 cm³/mol. The normalized spacial score (nSPS) is 13.0. The van der Waals surface area contributed by atoms with Crippen LogP contribution in [0, 0.1) is 13.8 Å². The number of hydrogen-bond donors (Lipinski definition) is 1. The Bertz CT molecular complexity index is 494. The van der Waals surface area contributed by atoms with E-state index in [0.717, 1.165) is 10.7 Å². The number of rotatable bonds is 6. The summed E-state index contributed by atoms with van der Waals surface area (Å²) in [5.74, 6) is 0. The number of hydrogen-bond acceptors (Lipinski definition) is 5. The summed E-state index contributed by atoms with van der Waals surface area (Å²) < 4.78 is 5.40. The Morgan fingerprint density at radius 3 is 2.50 bits per heavy atom. The van der Waals surface area contributed by atoms with Gasteiger partial charge < -0.3 is 15.0 Å². The van der Waals surface area contributed by atoms with Gasteiger partial charge in [0.05, 0.1) is 10.7 Å². The van der Waals surface area contributed by atoms with Crippen LogP contribution in [-0.2, 0) is 4.74 Å². The Morgan fingerprint density at radius 1 is 1.41 bits per heavy atom. The van der Waals surface area contributed by atoms with Gasteiger partial charge in [-0.15, -0.1) is 11.3 Å². The molecular formula is C16H29N3O2S. The number of aryl methyl sites for hydroxylation is 2. The molecule has 0 saturated carbocycles. The van der Waals surface area contributed by atoms with Crippen molar-refractivity contribution in [2.45, 2.75) is 60.1 Å². The van der Waals surface area contributed by atoms with Gasteiger partial charge in [-0.1, -0.05) is 0 Å². The van der Waals surface area contributed by atoms with Crippen molar-refractivity contribution in [3.8, 4) is 0 Å². The van der Waals surface area contributed by atoms with Gasteiger partial charge in [0.25, 0.3) is 0 Å². The lowest BCUT2D eigenvalue weighted by molar-refractivity contribution is 0.0261. The molecule has 0 aliphatic carbocycles. The van der Waals surface area contributed by atoms with Crippen molar-refractivity contribution < 1.29 is 9.53 Å². The zero-order valence-electron chi connectivity index (χ0n) is 14.8. The van der Waals surface area contributed by atoms with E-state index in [-0.39, 0.29) is 12.1 Å². The molecule has 0 bridgehead atoms. The number of thiazole rings is 1. The summed E-state index contributed by atoms with van der Waals surface area (Å²) in [5.41, 5.74) is 0.642. The van der Waals surface area contributed by atoms with Crippen molar-refractivity contribution >= 4 is 17.4 Å². The maximum Gasteiger partial charge on any atom is 0.410 e. The monoisotopic (exact) mass is 327 g/mol. The molecule has 0 fully saturated rings. The first-order valence-corrected chi connectivity index (χ1v) is 8.61. The van der Waals surface area contributed by atoms with Gasteiger partial charge in [0, 0.05) is 30.6 Å². The molecule has 0 aliphatic heterocycles. The average Bonchev–Trinajstić information content (AvgIpc) is 2.71. The van der Waals surface area contributed by atoms with E-state index in [4.69, 9.17) is 4.74 Å². The maximum absolute atomic E-state index is 12.1. The molecule has 22 heavy (non-hydrogen) atoms. The van der Waals surface area contributed by atoms with Crippen LogP contribution in [0.3, 0.4) is 0 Å². The van der Waals surface area contributed by atoms with Crippen LogP contribution >= 0.6 is 11.3 Å². The van der Waals surface area contributed by atoms with E-state index in [1.807, 2.05) is 34.6 Å². The topological polar surface area (TPSA) is 54.5 Å². The zero-order chi connectivity index (χ0) is 16.9. The van der Waals surface area contributed by atoms with E-state index >= 15 is 0 Å². The minimum atomic E-state index is -0.458. The third kappa shape index (κ3) is 5.93. The van der Waals surface area contributed by atoms with Crippen LogP contribution in [0.15, 0.2) is 0 Å². The maximum atomic E-state index is 12.1. The fourth-order valence-corrected chi connectivity index (χ4v) is 3.08. The fraction of sp³-hybridized carbons (Fsp3) is 0.750. The molecule has 1 rings (SSSR count). The molecule has 1 amide bonds. The molecule has 1 aromatic rings. The molecule has 5 nitrogen and oxygen atoms in total. The van der Waals surface area contributed by atoms with Gasteiger partial charge in [-0.05, 0) is 48.5 Å². The lowest BCUT2D eigenvalue weighted by Gasteiger charge is -2.27. The number of nitrogens with one attached hydrogen (secondary N) is 1. The van der Waals surface area contributed by atoms with Crippen LogP contribution in [-0.4, -0.2) is 41.2 Å². The number of ether oxygens (including phenoxy) is 1. The molecule has 0 aromatic carbocycles. The Hall–Kier alpha value is -1.14. The third-order valence-corrected chi connectivity index (χ3v) is 4.12. The van der Waals surface area contributed by atoms with Gasteiger partial charge in [-0.2, -0.15) is 0 Å². The summed E-state index contributed by atoms with van der Waals surface area (Å²) in [6.07, 6.45) is -0.259. The van der Waals surface area contributed by atoms with Gasteiger partial charge in [-0.3, -0.25) is 0 Å². The van der Waals surface area contributed by atoms with Crippen molar-refractivity contribution in [3.63, 3.8) is 0 Å². The molecular weight excluding hydrogens is 298 g/mol. The van der Waals surface area contributed by atoms with Crippen molar-refractivity contribution in [2.75, 3.05) is 19.6 Å². The number of nitrogens with zero attached hydrogens (tertiary/aromatic N) is 2. The lowest BCUT2D eigenvalue weighted by Crippen LogP contribution is -2.40. The van der Waals surface area contributed by atoms with Crippen LogP contribution in [0.5, 0.6) is 0 Å². The highest BCUT2D eigenvalue weighted by atomic mass is 32.1. The Labute approximate surface area is 138 Å². The number of aromatic nitrogens is 1. The summed E-state index contributed by atoms with van der Waals surface area (Å²) in [6.45, 7) is 15.8. The lowest BCUT2D eigenvalue weighted by atomic mass is 10.2. The summed E-state index contributed by atoms with van der Waals surface area (Å²) in [7, 11) is 0. The van der Waals surface area contributed by atoms with E-state index in [9.17, 15) is 4.79 Å². The highest BCUT2D eigenvalue weighted by molar-refractivity contribution is 7.11. The third-order valence-electron chi connectivity index (χ3n) is 3.22. The van der Waals surface area contributed by atoms with Gasteiger partial charge >= 0.3 is 6.09 Å². The molecule has 126 valence electrons. The molecule has 0 spiro atoms. The minimum Gasteiger partial charge on any atom is -0.444 e. The second-order valence-corrected chi connectivity index (χ2v) is 7.82. The first kappa shape index (κ1) is 18.9. The highest BCUT2D eigenvalue weighted by Gasteiger charge is 2.21. The van der Waals surface area contributed by atoms with Crippen LogP contribution in [0.1, 0.15) is 56.2 Å². The molecule has 0 aliphatic rings. The quantitative estimate of drug-likeness (QED) is 0.866. The molecule has 1 aromatic heterocycles. The predicted octanol–water partition coefficient (Wildman–Crippen LogP) is 3.67. The number of likely N-dealkylation sites (N-methyl/N-ethyl adjacent to an activating group) is 1. The molecule has 6 heteroatoms. The average molecular weight is 327 g/mol. The van der Waals surface area contributed by atoms with Crippen molar-refractivity contribution in [3.05, 3.63) is 15.6 Å².